The van der Waals surface area contributed by atoms with Gasteiger partial charge < -0.3 is 15.2 Å². The van der Waals surface area contributed by atoms with Crippen LogP contribution in [0.25, 0.3) is 0 Å². The highest BCUT2D eigenvalue weighted by Gasteiger charge is 2.37. The molecule has 1 heterocycles. The molecular formula is C12H23NO2. The van der Waals surface area contributed by atoms with Gasteiger partial charge in [0.2, 0.25) is 0 Å². The number of ether oxygens (including phenoxy) is 1. The summed E-state index contributed by atoms with van der Waals surface area (Å²) in [6, 6.07) is 0. The molecule has 0 radical (unpaired) electrons. The van der Waals surface area contributed by atoms with E-state index in [1.807, 2.05) is 0 Å². The SMILES string of the molecule is CC1(CNC2(CO)CCCCC2)COC1. The molecule has 0 bridgehead atoms. The van der Waals surface area contributed by atoms with Gasteiger partial charge in [-0.2, -0.15) is 0 Å². The first kappa shape index (κ1) is 11.4. The first-order valence-corrected chi connectivity index (χ1v) is 6.12. The van der Waals surface area contributed by atoms with Gasteiger partial charge in [-0.3, -0.25) is 0 Å². The van der Waals surface area contributed by atoms with Gasteiger partial charge in [0.15, 0.2) is 0 Å². The lowest BCUT2D eigenvalue weighted by atomic mass is 9.80. The molecule has 2 rings (SSSR count). The molecule has 0 atom stereocenters. The van der Waals surface area contributed by atoms with E-state index in [1.165, 1.54) is 19.3 Å². The monoisotopic (exact) mass is 213 g/mol. The second-order valence-corrected chi connectivity index (χ2v) is 5.66. The van der Waals surface area contributed by atoms with E-state index in [-0.39, 0.29) is 12.1 Å². The van der Waals surface area contributed by atoms with Crippen molar-refractivity contribution >= 4 is 0 Å². The summed E-state index contributed by atoms with van der Waals surface area (Å²) in [4.78, 5) is 0. The Labute approximate surface area is 92.2 Å². The smallest absolute Gasteiger partial charge is 0.0613 e. The van der Waals surface area contributed by atoms with E-state index in [4.69, 9.17) is 4.74 Å². The molecule has 15 heavy (non-hydrogen) atoms. The maximum atomic E-state index is 9.54. The molecule has 1 aliphatic carbocycles. The van der Waals surface area contributed by atoms with Crippen LogP contribution in [0.5, 0.6) is 0 Å². The molecule has 2 fully saturated rings. The summed E-state index contributed by atoms with van der Waals surface area (Å²) in [5.41, 5.74) is 0.316. The third-order valence-electron chi connectivity index (χ3n) is 3.90. The fourth-order valence-electron chi connectivity index (χ4n) is 2.57. The van der Waals surface area contributed by atoms with Gasteiger partial charge in [-0.15, -0.1) is 0 Å². The van der Waals surface area contributed by atoms with Gasteiger partial charge in [-0.05, 0) is 12.8 Å². The van der Waals surface area contributed by atoms with Crippen molar-refractivity contribution in [2.75, 3.05) is 26.4 Å². The van der Waals surface area contributed by atoms with Crippen LogP contribution in [-0.2, 0) is 4.74 Å². The topological polar surface area (TPSA) is 41.5 Å². The molecule has 0 aromatic rings. The fraction of sp³-hybridized carbons (Fsp3) is 1.00. The van der Waals surface area contributed by atoms with Crippen molar-refractivity contribution in [3.63, 3.8) is 0 Å². The zero-order chi connectivity index (χ0) is 10.8. The fourth-order valence-corrected chi connectivity index (χ4v) is 2.57. The van der Waals surface area contributed by atoms with Crippen molar-refractivity contribution in [1.82, 2.24) is 5.32 Å². The molecule has 0 aromatic carbocycles. The van der Waals surface area contributed by atoms with Crippen LogP contribution in [-0.4, -0.2) is 37.0 Å². The Morgan fingerprint density at radius 3 is 2.33 bits per heavy atom. The van der Waals surface area contributed by atoms with E-state index in [9.17, 15) is 5.11 Å². The molecule has 0 aromatic heterocycles. The average Bonchev–Trinajstić information content (AvgIpc) is 2.25. The van der Waals surface area contributed by atoms with Crippen molar-refractivity contribution in [2.24, 2.45) is 5.41 Å². The van der Waals surface area contributed by atoms with Crippen molar-refractivity contribution in [3.8, 4) is 0 Å². The molecule has 1 saturated carbocycles. The molecule has 3 heteroatoms. The van der Waals surface area contributed by atoms with Gasteiger partial charge in [0.1, 0.15) is 0 Å². The standard InChI is InChI=1S/C12H23NO2/c1-11(9-15-10-11)7-13-12(8-14)5-3-2-4-6-12/h13-14H,2-10H2,1H3. The molecule has 0 unspecified atom stereocenters. The van der Waals surface area contributed by atoms with E-state index < -0.39 is 0 Å². The zero-order valence-corrected chi connectivity index (χ0v) is 9.72. The van der Waals surface area contributed by atoms with Gasteiger partial charge in [-0.1, -0.05) is 26.2 Å². The maximum Gasteiger partial charge on any atom is 0.0613 e. The number of hydrogen-bond donors (Lipinski definition) is 2. The Bertz CT molecular complexity index is 208. The lowest BCUT2D eigenvalue weighted by Crippen LogP contribution is -2.57. The summed E-state index contributed by atoms with van der Waals surface area (Å²) < 4.78 is 5.24. The van der Waals surface area contributed by atoms with E-state index in [2.05, 4.69) is 12.2 Å². The molecule has 1 aliphatic heterocycles. The zero-order valence-electron chi connectivity index (χ0n) is 9.72. The Hall–Kier alpha value is -0.120. The highest BCUT2D eigenvalue weighted by atomic mass is 16.5. The molecule has 2 aliphatic rings. The molecule has 88 valence electrons. The maximum absolute atomic E-state index is 9.54. The number of aliphatic hydroxyl groups is 1. The predicted molar refractivity (Wildman–Crippen MR) is 59.8 cm³/mol. The van der Waals surface area contributed by atoms with E-state index in [0.29, 0.717) is 5.41 Å². The average molecular weight is 213 g/mol. The Morgan fingerprint density at radius 1 is 1.20 bits per heavy atom. The molecule has 2 N–H and O–H groups in total. The van der Waals surface area contributed by atoms with Crippen LogP contribution in [0.3, 0.4) is 0 Å². The Morgan fingerprint density at radius 2 is 1.87 bits per heavy atom. The molecule has 3 nitrogen and oxygen atoms in total. The Balaban J connectivity index is 1.84. The van der Waals surface area contributed by atoms with Crippen molar-refractivity contribution in [2.45, 2.75) is 44.6 Å². The van der Waals surface area contributed by atoms with Crippen molar-refractivity contribution in [1.29, 1.82) is 0 Å². The summed E-state index contributed by atoms with van der Waals surface area (Å²) in [5, 5.41) is 13.1. The second kappa shape index (κ2) is 4.40. The highest BCUT2D eigenvalue weighted by Crippen LogP contribution is 2.31. The van der Waals surface area contributed by atoms with Gasteiger partial charge in [0, 0.05) is 17.5 Å². The number of nitrogens with one attached hydrogen (secondary N) is 1. The molecule has 1 saturated heterocycles. The first-order chi connectivity index (χ1) is 7.18. The first-order valence-electron chi connectivity index (χ1n) is 6.12. The van der Waals surface area contributed by atoms with Gasteiger partial charge in [0.25, 0.3) is 0 Å². The highest BCUT2D eigenvalue weighted by molar-refractivity contribution is 4.93. The van der Waals surface area contributed by atoms with Crippen molar-refractivity contribution in [3.05, 3.63) is 0 Å². The molecular weight excluding hydrogens is 190 g/mol. The van der Waals surface area contributed by atoms with Gasteiger partial charge in [-0.25, -0.2) is 0 Å². The number of hydrogen-bond acceptors (Lipinski definition) is 3. The summed E-state index contributed by atoms with van der Waals surface area (Å²) in [5.74, 6) is 0. The molecule has 0 spiro atoms. The normalized spacial score (nSPS) is 28.4. The van der Waals surface area contributed by atoms with Crippen molar-refractivity contribution < 1.29 is 9.84 Å². The van der Waals surface area contributed by atoms with Gasteiger partial charge >= 0.3 is 0 Å². The minimum Gasteiger partial charge on any atom is -0.394 e. The van der Waals surface area contributed by atoms with Crippen LogP contribution in [0.15, 0.2) is 0 Å². The van der Waals surface area contributed by atoms with Crippen LogP contribution in [0, 0.1) is 5.41 Å². The van der Waals surface area contributed by atoms with Crippen LogP contribution >= 0.6 is 0 Å². The minimum absolute atomic E-state index is 0.0108. The van der Waals surface area contributed by atoms with Crippen LogP contribution in [0.2, 0.25) is 0 Å². The second-order valence-electron chi connectivity index (χ2n) is 5.66. The summed E-state index contributed by atoms with van der Waals surface area (Å²) >= 11 is 0. The lowest BCUT2D eigenvalue weighted by molar-refractivity contribution is -0.104. The Kier molecular flexibility index (Phi) is 3.33. The van der Waals surface area contributed by atoms with E-state index >= 15 is 0 Å². The third kappa shape index (κ3) is 2.52. The van der Waals surface area contributed by atoms with Crippen LogP contribution < -0.4 is 5.32 Å². The number of aliphatic hydroxyl groups excluding tert-OH is 1. The van der Waals surface area contributed by atoms with E-state index in [0.717, 1.165) is 32.6 Å². The predicted octanol–water partition coefficient (Wildman–Crippen LogP) is 1.31. The summed E-state index contributed by atoms with van der Waals surface area (Å²) in [7, 11) is 0. The summed E-state index contributed by atoms with van der Waals surface area (Å²) in [6.07, 6.45) is 6.08. The minimum atomic E-state index is 0.0108. The number of rotatable bonds is 4. The van der Waals surface area contributed by atoms with Gasteiger partial charge in [0.05, 0.1) is 19.8 Å². The largest absolute Gasteiger partial charge is 0.394 e. The van der Waals surface area contributed by atoms with E-state index in [1.54, 1.807) is 0 Å². The van der Waals surface area contributed by atoms with Crippen LogP contribution in [0.1, 0.15) is 39.0 Å². The third-order valence-corrected chi connectivity index (χ3v) is 3.90. The lowest BCUT2D eigenvalue weighted by Gasteiger charge is -2.43. The summed E-state index contributed by atoms with van der Waals surface area (Å²) in [6.45, 7) is 5.23. The quantitative estimate of drug-likeness (QED) is 0.740. The van der Waals surface area contributed by atoms with Crippen LogP contribution in [0.4, 0.5) is 0 Å². The molecule has 0 amide bonds.